The fraction of sp³-hybridized carbons (Fsp3) is 0. The van der Waals surface area contributed by atoms with Crippen molar-refractivity contribution in [3.63, 3.8) is 0 Å². The molecule has 0 fully saturated rings. The maximum atomic E-state index is 5.32. The monoisotopic (exact) mass is 192 g/mol. The van der Waals surface area contributed by atoms with Crippen LogP contribution in [-0.4, -0.2) is 9.97 Å². The summed E-state index contributed by atoms with van der Waals surface area (Å²) in [5.74, 6) is 0. The van der Waals surface area contributed by atoms with E-state index in [-0.39, 0.29) is 0 Å². The van der Waals surface area contributed by atoms with Crippen LogP contribution in [0.25, 0.3) is 0 Å². The van der Waals surface area contributed by atoms with E-state index in [4.69, 9.17) is 11.6 Å². The van der Waals surface area contributed by atoms with Crippen molar-refractivity contribution < 1.29 is 0 Å². The smallest absolute Gasteiger partial charge is 0.222 e. The van der Waals surface area contributed by atoms with Crippen molar-refractivity contribution >= 4 is 11.6 Å². The van der Waals surface area contributed by atoms with Crippen molar-refractivity contribution in [1.29, 1.82) is 0 Å². The highest BCUT2D eigenvalue weighted by molar-refractivity contribution is 6.28. The van der Waals surface area contributed by atoms with E-state index in [1.807, 2.05) is 36.4 Å². The van der Waals surface area contributed by atoms with Crippen LogP contribution in [0.1, 0.15) is 0 Å². The summed E-state index contributed by atoms with van der Waals surface area (Å²) in [5.41, 5.74) is 0. The summed E-state index contributed by atoms with van der Waals surface area (Å²) in [6.45, 7) is 0. The normalized spacial score (nSPS) is 8.38. The average Bonchev–Trinajstić information content (AvgIpc) is 2.22. The van der Waals surface area contributed by atoms with Gasteiger partial charge in [0.1, 0.15) is 0 Å². The molecule has 0 bridgehead atoms. The summed E-state index contributed by atoms with van der Waals surface area (Å²) < 4.78 is 0. The van der Waals surface area contributed by atoms with Crippen LogP contribution in [0.5, 0.6) is 0 Å². The fourth-order valence-electron chi connectivity index (χ4n) is 0.666. The zero-order valence-electron chi connectivity index (χ0n) is 6.97. The second kappa shape index (κ2) is 6.14. The first-order chi connectivity index (χ1) is 6.39. The third kappa shape index (κ3) is 4.93. The lowest BCUT2D eigenvalue weighted by atomic mass is 10.4. The van der Waals surface area contributed by atoms with Crippen LogP contribution in [0.3, 0.4) is 0 Å². The van der Waals surface area contributed by atoms with Crippen LogP contribution in [0.2, 0.25) is 5.28 Å². The van der Waals surface area contributed by atoms with Crippen LogP contribution in [0.4, 0.5) is 0 Å². The SMILES string of the molecule is Clc1ncccn1.c1ccccc1. The maximum Gasteiger partial charge on any atom is 0.222 e. The molecule has 0 radical (unpaired) electrons. The van der Waals surface area contributed by atoms with E-state index in [0.29, 0.717) is 5.28 Å². The van der Waals surface area contributed by atoms with Gasteiger partial charge in [-0.25, -0.2) is 9.97 Å². The molecule has 0 saturated carbocycles. The highest BCUT2D eigenvalue weighted by Crippen LogP contribution is 1.92. The summed E-state index contributed by atoms with van der Waals surface area (Å²) in [6, 6.07) is 13.7. The standard InChI is InChI=1S/C6H6.C4H3ClN2/c1-2-4-6-5-3-1;5-4-6-2-1-3-7-4/h1-6H;1-3H. The second-order valence-electron chi connectivity index (χ2n) is 2.17. The molecule has 66 valence electrons. The molecule has 2 aromatic rings. The first-order valence-corrected chi connectivity index (χ1v) is 4.20. The maximum absolute atomic E-state index is 5.32. The fourth-order valence-corrected chi connectivity index (χ4v) is 0.778. The number of benzene rings is 1. The van der Waals surface area contributed by atoms with E-state index < -0.39 is 0 Å². The van der Waals surface area contributed by atoms with E-state index in [9.17, 15) is 0 Å². The largest absolute Gasteiger partial charge is 0.227 e. The van der Waals surface area contributed by atoms with Crippen molar-refractivity contribution in [3.05, 3.63) is 60.1 Å². The molecule has 0 aliphatic heterocycles. The van der Waals surface area contributed by atoms with Crippen molar-refractivity contribution in [1.82, 2.24) is 9.97 Å². The third-order valence-electron chi connectivity index (χ3n) is 1.20. The van der Waals surface area contributed by atoms with E-state index in [2.05, 4.69) is 9.97 Å². The highest BCUT2D eigenvalue weighted by Gasteiger charge is 1.78. The van der Waals surface area contributed by atoms with Gasteiger partial charge in [-0.2, -0.15) is 0 Å². The van der Waals surface area contributed by atoms with E-state index in [0.717, 1.165) is 0 Å². The molecular weight excluding hydrogens is 184 g/mol. The molecular formula is C10H9ClN2. The van der Waals surface area contributed by atoms with Gasteiger partial charge in [0.2, 0.25) is 5.28 Å². The van der Waals surface area contributed by atoms with Crippen LogP contribution >= 0.6 is 11.6 Å². The quantitative estimate of drug-likeness (QED) is 0.600. The van der Waals surface area contributed by atoms with Gasteiger partial charge in [0.15, 0.2) is 0 Å². The lowest BCUT2D eigenvalue weighted by molar-refractivity contribution is 1.17. The van der Waals surface area contributed by atoms with E-state index >= 15 is 0 Å². The number of nitrogens with zero attached hydrogens (tertiary/aromatic N) is 2. The van der Waals surface area contributed by atoms with E-state index in [1.165, 1.54) is 0 Å². The Morgan fingerprint density at radius 2 is 1.08 bits per heavy atom. The van der Waals surface area contributed by atoms with Crippen LogP contribution in [0, 0.1) is 0 Å². The molecule has 1 heterocycles. The molecule has 1 aromatic carbocycles. The zero-order chi connectivity index (χ0) is 9.36. The Bertz CT molecular complexity index is 283. The minimum Gasteiger partial charge on any atom is -0.227 e. The number of rotatable bonds is 0. The van der Waals surface area contributed by atoms with Gasteiger partial charge in [0.25, 0.3) is 0 Å². The molecule has 0 saturated heterocycles. The topological polar surface area (TPSA) is 25.8 Å². The molecule has 0 N–H and O–H groups in total. The minimum atomic E-state index is 0.294. The molecule has 0 aliphatic rings. The Morgan fingerprint density at radius 3 is 1.31 bits per heavy atom. The van der Waals surface area contributed by atoms with E-state index in [1.54, 1.807) is 18.5 Å². The average molecular weight is 193 g/mol. The summed E-state index contributed by atoms with van der Waals surface area (Å²) >= 11 is 5.32. The van der Waals surface area contributed by atoms with Crippen LogP contribution < -0.4 is 0 Å². The van der Waals surface area contributed by atoms with Gasteiger partial charge in [-0.1, -0.05) is 36.4 Å². The van der Waals surface area contributed by atoms with Crippen molar-refractivity contribution in [2.45, 2.75) is 0 Å². The number of halogens is 1. The molecule has 2 rings (SSSR count). The molecule has 13 heavy (non-hydrogen) atoms. The molecule has 0 aliphatic carbocycles. The van der Waals surface area contributed by atoms with Gasteiger partial charge in [-0.15, -0.1) is 0 Å². The summed E-state index contributed by atoms with van der Waals surface area (Å²) in [6.07, 6.45) is 3.19. The van der Waals surface area contributed by atoms with Gasteiger partial charge in [0, 0.05) is 12.4 Å². The Labute approximate surface area is 82.2 Å². The Kier molecular flexibility index (Phi) is 4.57. The van der Waals surface area contributed by atoms with Crippen molar-refractivity contribution in [3.8, 4) is 0 Å². The first-order valence-electron chi connectivity index (χ1n) is 3.82. The molecule has 2 nitrogen and oxygen atoms in total. The second-order valence-corrected chi connectivity index (χ2v) is 2.51. The summed E-state index contributed by atoms with van der Waals surface area (Å²) in [4.78, 5) is 7.27. The Hall–Kier alpha value is -1.41. The molecule has 0 amide bonds. The predicted molar refractivity (Wildman–Crippen MR) is 53.5 cm³/mol. The molecule has 3 heteroatoms. The molecule has 0 unspecified atom stereocenters. The van der Waals surface area contributed by atoms with Crippen molar-refractivity contribution in [2.24, 2.45) is 0 Å². The molecule has 0 spiro atoms. The lowest BCUT2D eigenvalue weighted by Crippen LogP contribution is -1.73. The van der Waals surface area contributed by atoms with Gasteiger partial charge < -0.3 is 0 Å². The third-order valence-corrected chi connectivity index (χ3v) is 1.40. The van der Waals surface area contributed by atoms with Crippen LogP contribution in [0.15, 0.2) is 54.9 Å². The Morgan fingerprint density at radius 1 is 0.692 bits per heavy atom. The van der Waals surface area contributed by atoms with Crippen molar-refractivity contribution in [2.75, 3.05) is 0 Å². The highest BCUT2D eigenvalue weighted by atomic mass is 35.5. The number of hydrogen-bond acceptors (Lipinski definition) is 2. The zero-order valence-corrected chi connectivity index (χ0v) is 7.72. The number of aromatic nitrogens is 2. The summed E-state index contributed by atoms with van der Waals surface area (Å²) in [5, 5.41) is 0.294. The Balaban J connectivity index is 0.000000132. The summed E-state index contributed by atoms with van der Waals surface area (Å²) in [7, 11) is 0. The predicted octanol–water partition coefficient (Wildman–Crippen LogP) is 2.82. The lowest BCUT2D eigenvalue weighted by Gasteiger charge is -1.78. The van der Waals surface area contributed by atoms with Gasteiger partial charge in [0.05, 0.1) is 0 Å². The number of hydrogen-bond donors (Lipinski definition) is 0. The molecule has 0 atom stereocenters. The van der Waals surface area contributed by atoms with Crippen LogP contribution in [-0.2, 0) is 0 Å². The molecule has 1 aromatic heterocycles. The van der Waals surface area contributed by atoms with Gasteiger partial charge in [-0.3, -0.25) is 0 Å². The minimum absolute atomic E-state index is 0.294. The first kappa shape index (κ1) is 9.68. The van der Waals surface area contributed by atoms with Gasteiger partial charge in [-0.05, 0) is 17.7 Å². The van der Waals surface area contributed by atoms with Gasteiger partial charge >= 0.3 is 0 Å².